The quantitative estimate of drug-likeness (QED) is 0.178. The van der Waals surface area contributed by atoms with E-state index in [1.54, 1.807) is 0 Å². The molecule has 2 nitrogen and oxygen atoms in total. The Morgan fingerprint density at radius 3 is 1.51 bits per heavy atom. The van der Waals surface area contributed by atoms with E-state index in [1.807, 2.05) is 0 Å². The van der Waals surface area contributed by atoms with E-state index in [9.17, 15) is 0 Å². The van der Waals surface area contributed by atoms with Gasteiger partial charge in [0.15, 0.2) is 0 Å². The third-order valence-corrected chi connectivity index (χ3v) is 9.58. The van der Waals surface area contributed by atoms with Crippen molar-refractivity contribution in [1.82, 2.24) is 4.57 Å². The van der Waals surface area contributed by atoms with E-state index in [4.69, 9.17) is 0 Å². The molecule has 0 saturated carbocycles. The summed E-state index contributed by atoms with van der Waals surface area (Å²) in [5.41, 5.74) is 10.8. The van der Waals surface area contributed by atoms with Crippen LogP contribution in [0.1, 0.15) is 0 Å². The lowest BCUT2D eigenvalue weighted by Crippen LogP contribution is -2.09. The van der Waals surface area contributed by atoms with Crippen LogP contribution in [-0.4, -0.2) is 4.57 Å². The topological polar surface area (TPSA) is 8.17 Å². The van der Waals surface area contributed by atoms with Crippen LogP contribution in [0.4, 0.5) is 17.1 Å². The van der Waals surface area contributed by atoms with E-state index in [1.165, 1.54) is 65.6 Å². The van der Waals surface area contributed by atoms with Crippen molar-refractivity contribution in [2.75, 3.05) is 4.90 Å². The third-order valence-electron chi connectivity index (χ3n) is 9.58. The van der Waals surface area contributed by atoms with Crippen LogP contribution in [0.25, 0.3) is 65.6 Å². The van der Waals surface area contributed by atoms with Crippen LogP contribution < -0.4 is 4.90 Å². The molecule has 8 aromatic carbocycles. The number of anilines is 3. The summed E-state index contributed by atoms with van der Waals surface area (Å²) in [7, 11) is 2.21. The highest BCUT2D eigenvalue weighted by molar-refractivity contribution is 6.33. The largest absolute Gasteiger partial charge is 0.343 e. The summed E-state index contributed by atoms with van der Waals surface area (Å²) in [6, 6.07) is 63.5. The maximum Gasteiger partial charge on any atom is 0.0575 e. The lowest BCUT2D eigenvalue weighted by Gasteiger charge is -2.26. The molecule has 0 saturated heterocycles. The van der Waals surface area contributed by atoms with Gasteiger partial charge in [0, 0.05) is 45.8 Å². The average molecular weight is 601 g/mol. The molecule has 0 N–H and O–H groups in total. The molecule has 2 heteroatoms. The third kappa shape index (κ3) is 4.41. The van der Waals surface area contributed by atoms with Crippen molar-refractivity contribution in [1.29, 1.82) is 0 Å². The molecule has 9 aromatic rings. The average Bonchev–Trinajstić information content (AvgIpc) is 3.46. The van der Waals surface area contributed by atoms with Gasteiger partial charge in [0.05, 0.1) is 5.52 Å². The van der Waals surface area contributed by atoms with E-state index in [0.29, 0.717) is 0 Å². The number of rotatable bonds is 5. The summed E-state index contributed by atoms with van der Waals surface area (Å²) in [4.78, 5) is 2.33. The van der Waals surface area contributed by atoms with Crippen LogP contribution in [0.2, 0.25) is 0 Å². The Labute approximate surface area is 274 Å². The number of hydrogen-bond donors (Lipinski definition) is 0. The summed E-state index contributed by atoms with van der Waals surface area (Å²) in [5.74, 6) is 0. The van der Waals surface area contributed by atoms with Crippen LogP contribution in [0, 0.1) is 0 Å². The SMILES string of the molecule is Cn1c2cccc(-c3ccc(N(c4ccccc4)c4ccc(-c5ccccc5)cc4)cc3)c2c2c3ccccc3c3ccccc3c21. The molecule has 0 fully saturated rings. The van der Waals surface area contributed by atoms with Crippen molar-refractivity contribution in [2.24, 2.45) is 7.05 Å². The van der Waals surface area contributed by atoms with Crippen molar-refractivity contribution in [2.45, 2.75) is 0 Å². The normalized spacial score (nSPS) is 11.5. The highest BCUT2D eigenvalue weighted by Gasteiger charge is 2.19. The van der Waals surface area contributed by atoms with Gasteiger partial charge in [0.1, 0.15) is 0 Å². The molecule has 0 aliphatic carbocycles. The molecule has 0 aliphatic rings. The number of para-hydroxylation sites is 1. The van der Waals surface area contributed by atoms with Gasteiger partial charge in [-0.2, -0.15) is 0 Å². The predicted octanol–water partition coefficient (Wildman–Crippen LogP) is 12.4. The summed E-state index contributed by atoms with van der Waals surface area (Å²) in [6.07, 6.45) is 0. The Balaban J connectivity index is 1.20. The smallest absolute Gasteiger partial charge is 0.0575 e. The van der Waals surface area contributed by atoms with Gasteiger partial charge >= 0.3 is 0 Å². The predicted molar refractivity (Wildman–Crippen MR) is 201 cm³/mol. The van der Waals surface area contributed by atoms with Gasteiger partial charge in [0.25, 0.3) is 0 Å². The number of benzene rings is 8. The van der Waals surface area contributed by atoms with Crippen molar-refractivity contribution in [3.05, 3.63) is 176 Å². The summed E-state index contributed by atoms with van der Waals surface area (Å²) in [6.45, 7) is 0. The zero-order chi connectivity index (χ0) is 31.3. The van der Waals surface area contributed by atoms with E-state index < -0.39 is 0 Å². The Morgan fingerprint density at radius 2 is 0.851 bits per heavy atom. The number of aromatic nitrogens is 1. The number of nitrogens with zero attached hydrogens (tertiary/aromatic N) is 2. The molecule has 222 valence electrons. The molecule has 47 heavy (non-hydrogen) atoms. The summed E-state index contributed by atoms with van der Waals surface area (Å²) < 4.78 is 2.38. The van der Waals surface area contributed by atoms with Crippen LogP contribution in [0.15, 0.2) is 176 Å². The molecule has 1 heterocycles. The van der Waals surface area contributed by atoms with E-state index in [2.05, 4.69) is 192 Å². The first-order valence-electron chi connectivity index (χ1n) is 16.2. The molecule has 9 rings (SSSR count). The fourth-order valence-electron chi connectivity index (χ4n) is 7.42. The Hall–Kier alpha value is -6.12. The van der Waals surface area contributed by atoms with Crippen LogP contribution >= 0.6 is 0 Å². The first-order chi connectivity index (χ1) is 23.3. The molecule has 0 aliphatic heterocycles. The fourth-order valence-corrected chi connectivity index (χ4v) is 7.42. The molecule has 0 spiro atoms. The van der Waals surface area contributed by atoms with Gasteiger partial charge in [0.2, 0.25) is 0 Å². The molecular formula is C45H32N2. The minimum atomic E-state index is 1.12. The first-order valence-corrected chi connectivity index (χ1v) is 16.2. The second-order valence-electron chi connectivity index (χ2n) is 12.2. The van der Waals surface area contributed by atoms with Crippen LogP contribution in [0.3, 0.4) is 0 Å². The molecular weight excluding hydrogens is 569 g/mol. The number of aryl methyl sites for hydroxylation is 1. The van der Waals surface area contributed by atoms with Crippen molar-refractivity contribution in [3.63, 3.8) is 0 Å². The Kier molecular flexibility index (Phi) is 6.39. The summed E-state index contributed by atoms with van der Waals surface area (Å²) in [5, 5.41) is 7.80. The fraction of sp³-hybridized carbons (Fsp3) is 0.0222. The molecule has 0 bridgehead atoms. The zero-order valence-electron chi connectivity index (χ0n) is 26.1. The lowest BCUT2D eigenvalue weighted by atomic mass is 9.93. The van der Waals surface area contributed by atoms with E-state index in [0.717, 1.165) is 17.1 Å². The standard InChI is InChI=1S/C45H32N2/c1-46-42-22-12-21-37(43(42)44-40-19-10-8-17-38(40)39-18-9-11-20-41(39)45(44)46)33-25-29-36(30-26-33)47(34-15-6-3-7-16-34)35-27-23-32(24-28-35)31-13-4-2-5-14-31/h2-30H,1H3. The molecule has 0 radical (unpaired) electrons. The first kappa shape index (κ1) is 27.2. The maximum absolute atomic E-state index is 2.38. The Morgan fingerprint density at radius 1 is 0.362 bits per heavy atom. The monoisotopic (exact) mass is 600 g/mol. The lowest BCUT2D eigenvalue weighted by molar-refractivity contribution is 1.02. The van der Waals surface area contributed by atoms with Crippen molar-refractivity contribution < 1.29 is 0 Å². The highest BCUT2D eigenvalue weighted by Crippen LogP contribution is 2.44. The van der Waals surface area contributed by atoms with Gasteiger partial charge in [-0.25, -0.2) is 0 Å². The number of fused-ring (bicyclic) bond motifs is 8. The molecule has 0 atom stereocenters. The van der Waals surface area contributed by atoms with Crippen molar-refractivity contribution >= 4 is 60.4 Å². The number of hydrogen-bond acceptors (Lipinski definition) is 1. The van der Waals surface area contributed by atoms with Gasteiger partial charge in [-0.15, -0.1) is 0 Å². The van der Waals surface area contributed by atoms with Gasteiger partial charge in [-0.05, 0) is 80.9 Å². The van der Waals surface area contributed by atoms with Gasteiger partial charge in [-0.1, -0.05) is 133 Å². The van der Waals surface area contributed by atoms with Gasteiger partial charge < -0.3 is 9.47 Å². The molecule has 1 aromatic heterocycles. The van der Waals surface area contributed by atoms with Crippen molar-refractivity contribution in [3.8, 4) is 22.3 Å². The van der Waals surface area contributed by atoms with Crippen LogP contribution in [-0.2, 0) is 7.05 Å². The summed E-state index contributed by atoms with van der Waals surface area (Å²) >= 11 is 0. The zero-order valence-corrected chi connectivity index (χ0v) is 26.1. The molecule has 0 amide bonds. The minimum Gasteiger partial charge on any atom is -0.343 e. The van der Waals surface area contributed by atoms with Gasteiger partial charge in [-0.3, -0.25) is 0 Å². The second kappa shape index (κ2) is 11.0. The highest BCUT2D eigenvalue weighted by atomic mass is 15.1. The van der Waals surface area contributed by atoms with E-state index >= 15 is 0 Å². The maximum atomic E-state index is 2.38. The molecule has 0 unspecified atom stereocenters. The van der Waals surface area contributed by atoms with E-state index in [-0.39, 0.29) is 0 Å². The Bertz CT molecular complexity index is 2540. The minimum absolute atomic E-state index is 1.12. The van der Waals surface area contributed by atoms with Crippen LogP contribution in [0.5, 0.6) is 0 Å². The second-order valence-corrected chi connectivity index (χ2v) is 12.2.